The van der Waals surface area contributed by atoms with Crippen molar-refractivity contribution in [2.24, 2.45) is 0 Å². The lowest BCUT2D eigenvalue weighted by molar-refractivity contribution is -0.143. The largest absolute Gasteiger partial charge is 0.478 e. The molecule has 1 saturated heterocycles. The van der Waals surface area contributed by atoms with E-state index in [0.717, 1.165) is 5.56 Å². The molecular weight excluding hydrogens is 536 g/mol. The van der Waals surface area contributed by atoms with Gasteiger partial charge in [0.1, 0.15) is 31.8 Å². The molecule has 202 valence electrons. The molecule has 0 radical (unpaired) electrons. The van der Waals surface area contributed by atoms with Gasteiger partial charge in [0.05, 0.1) is 16.9 Å². The summed E-state index contributed by atoms with van der Waals surface area (Å²) in [5.74, 6) is -2.43. The van der Waals surface area contributed by atoms with E-state index in [4.69, 9.17) is 16.7 Å². The smallest absolute Gasteiger partial charge is 0.335 e. The Morgan fingerprint density at radius 3 is 2.38 bits per heavy atom. The van der Waals surface area contributed by atoms with Crippen LogP contribution in [0.3, 0.4) is 0 Å². The van der Waals surface area contributed by atoms with Crippen molar-refractivity contribution >= 4 is 46.7 Å². The Morgan fingerprint density at radius 2 is 1.70 bits per heavy atom. The number of hydrogen-bond donors (Lipinski definition) is 2. The van der Waals surface area contributed by atoms with Gasteiger partial charge in [-0.2, -0.15) is 5.10 Å². The molecule has 1 unspecified atom stereocenters. The number of carbonyl (C=O) groups is 4. The fourth-order valence-corrected chi connectivity index (χ4v) is 4.65. The summed E-state index contributed by atoms with van der Waals surface area (Å²) in [5.41, 5.74) is 2.14. The van der Waals surface area contributed by atoms with Crippen molar-refractivity contribution in [2.45, 2.75) is 12.5 Å². The standard InChI is InChI=1S/C28H23ClN6O5/c29-20-8-11-22(35-17-30-16-31-35)23(13-20)33-14-26(37)34(15-25(33)36)24(12-18-4-2-1-3-5-18)27(38)32-21-9-6-19(7-10-21)28(39)40/h1-11,13,16-17,24H,12,14-15H2,(H,32,38)(H,39,40). The number of aromatic nitrogens is 3. The number of benzene rings is 3. The van der Waals surface area contributed by atoms with Gasteiger partial charge < -0.3 is 15.3 Å². The van der Waals surface area contributed by atoms with Gasteiger partial charge in [-0.25, -0.2) is 14.5 Å². The maximum absolute atomic E-state index is 13.5. The van der Waals surface area contributed by atoms with E-state index >= 15 is 0 Å². The Labute approximate surface area is 233 Å². The molecule has 1 aromatic heterocycles. The molecule has 0 saturated carbocycles. The molecule has 1 atom stereocenters. The maximum atomic E-state index is 13.5. The van der Waals surface area contributed by atoms with Crippen LogP contribution in [0.5, 0.6) is 0 Å². The Hall–Kier alpha value is -5.03. The van der Waals surface area contributed by atoms with E-state index in [1.807, 2.05) is 30.3 Å². The zero-order valence-electron chi connectivity index (χ0n) is 21.0. The van der Waals surface area contributed by atoms with Crippen LogP contribution in [0.25, 0.3) is 5.69 Å². The summed E-state index contributed by atoms with van der Waals surface area (Å²) < 4.78 is 1.47. The second kappa shape index (κ2) is 11.4. The summed E-state index contributed by atoms with van der Waals surface area (Å²) in [7, 11) is 0. The van der Waals surface area contributed by atoms with Crippen molar-refractivity contribution < 1.29 is 24.3 Å². The number of nitrogens with zero attached hydrogens (tertiary/aromatic N) is 5. The van der Waals surface area contributed by atoms with E-state index in [9.17, 15) is 19.2 Å². The Balaban J connectivity index is 1.42. The lowest BCUT2D eigenvalue weighted by Crippen LogP contribution is -2.60. The van der Waals surface area contributed by atoms with Crippen LogP contribution in [0.2, 0.25) is 5.02 Å². The average Bonchev–Trinajstić information content (AvgIpc) is 3.48. The highest BCUT2D eigenvalue weighted by molar-refractivity contribution is 6.31. The molecule has 2 heterocycles. The van der Waals surface area contributed by atoms with Crippen LogP contribution in [0.4, 0.5) is 11.4 Å². The van der Waals surface area contributed by atoms with Crippen LogP contribution < -0.4 is 10.2 Å². The Morgan fingerprint density at radius 1 is 0.950 bits per heavy atom. The number of amides is 3. The maximum Gasteiger partial charge on any atom is 0.335 e. The summed E-state index contributed by atoms with van der Waals surface area (Å²) in [6, 6.07) is 18.7. The quantitative estimate of drug-likeness (QED) is 0.339. The molecule has 11 nitrogen and oxygen atoms in total. The minimum absolute atomic E-state index is 0.0713. The first-order valence-electron chi connectivity index (χ1n) is 12.2. The van der Waals surface area contributed by atoms with E-state index in [1.54, 1.807) is 18.2 Å². The van der Waals surface area contributed by atoms with Crippen molar-refractivity contribution in [1.82, 2.24) is 19.7 Å². The number of hydrogen-bond acceptors (Lipinski definition) is 6. The summed E-state index contributed by atoms with van der Waals surface area (Å²) >= 11 is 6.23. The minimum Gasteiger partial charge on any atom is -0.478 e. The van der Waals surface area contributed by atoms with Gasteiger partial charge in [-0.15, -0.1) is 0 Å². The summed E-state index contributed by atoms with van der Waals surface area (Å²) in [4.78, 5) is 58.2. The first-order valence-corrected chi connectivity index (χ1v) is 12.6. The van der Waals surface area contributed by atoms with Crippen LogP contribution in [0.1, 0.15) is 15.9 Å². The number of halogens is 1. The molecule has 3 amide bonds. The number of carboxylic acids is 1. The number of carboxylic acid groups (broad SMARTS) is 1. The molecule has 5 rings (SSSR count). The van der Waals surface area contributed by atoms with Crippen LogP contribution >= 0.6 is 11.6 Å². The third kappa shape index (κ3) is 5.69. The van der Waals surface area contributed by atoms with Gasteiger partial charge in [-0.1, -0.05) is 41.9 Å². The molecule has 2 N–H and O–H groups in total. The van der Waals surface area contributed by atoms with E-state index in [1.165, 1.54) is 51.4 Å². The summed E-state index contributed by atoms with van der Waals surface area (Å²) in [5, 5.41) is 16.4. The predicted molar refractivity (Wildman–Crippen MR) is 146 cm³/mol. The third-order valence-electron chi connectivity index (χ3n) is 6.46. The second-order valence-corrected chi connectivity index (χ2v) is 9.49. The SMILES string of the molecule is O=C(O)c1ccc(NC(=O)C(Cc2ccccc2)N2CC(=O)N(c3cc(Cl)ccc3-n3cncn3)CC2=O)cc1. The van der Waals surface area contributed by atoms with Gasteiger partial charge in [-0.3, -0.25) is 19.3 Å². The first kappa shape index (κ1) is 26.6. The molecule has 40 heavy (non-hydrogen) atoms. The topological polar surface area (TPSA) is 138 Å². The zero-order valence-corrected chi connectivity index (χ0v) is 21.7. The van der Waals surface area contributed by atoms with Gasteiger partial charge in [0.15, 0.2) is 0 Å². The first-order chi connectivity index (χ1) is 19.3. The van der Waals surface area contributed by atoms with Gasteiger partial charge in [0.25, 0.3) is 0 Å². The molecule has 0 aliphatic carbocycles. The van der Waals surface area contributed by atoms with Crippen molar-refractivity contribution in [3.63, 3.8) is 0 Å². The molecule has 12 heteroatoms. The molecule has 0 spiro atoms. The minimum atomic E-state index is -1.09. The van der Waals surface area contributed by atoms with E-state index in [0.29, 0.717) is 22.1 Å². The van der Waals surface area contributed by atoms with E-state index in [-0.39, 0.29) is 25.1 Å². The number of piperazine rings is 1. The third-order valence-corrected chi connectivity index (χ3v) is 6.70. The Kier molecular flexibility index (Phi) is 7.56. The second-order valence-electron chi connectivity index (χ2n) is 9.05. The predicted octanol–water partition coefficient (Wildman–Crippen LogP) is 3.04. The van der Waals surface area contributed by atoms with Crippen LogP contribution in [-0.2, 0) is 20.8 Å². The summed E-state index contributed by atoms with van der Waals surface area (Å²) in [6.45, 7) is -0.655. The highest BCUT2D eigenvalue weighted by atomic mass is 35.5. The zero-order chi connectivity index (χ0) is 28.2. The van der Waals surface area contributed by atoms with Crippen molar-refractivity contribution in [2.75, 3.05) is 23.3 Å². The monoisotopic (exact) mass is 558 g/mol. The van der Waals surface area contributed by atoms with E-state index < -0.39 is 29.7 Å². The average molecular weight is 559 g/mol. The number of anilines is 2. The van der Waals surface area contributed by atoms with Gasteiger partial charge in [0, 0.05) is 17.1 Å². The fourth-order valence-electron chi connectivity index (χ4n) is 4.48. The molecular formula is C28H23ClN6O5. The Bertz CT molecular complexity index is 1560. The van der Waals surface area contributed by atoms with Gasteiger partial charge in [-0.05, 0) is 48.0 Å². The molecule has 4 aromatic rings. The number of rotatable bonds is 8. The number of carbonyl (C=O) groups excluding carboxylic acids is 3. The van der Waals surface area contributed by atoms with E-state index in [2.05, 4.69) is 15.4 Å². The lowest BCUT2D eigenvalue weighted by Gasteiger charge is -2.38. The molecule has 1 aliphatic heterocycles. The molecule has 3 aromatic carbocycles. The van der Waals surface area contributed by atoms with Crippen molar-refractivity contribution in [3.8, 4) is 5.69 Å². The molecule has 1 fully saturated rings. The van der Waals surface area contributed by atoms with Crippen LogP contribution in [0, 0.1) is 0 Å². The normalized spacial score (nSPS) is 14.2. The van der Waals surface area contributed by atoms with Crippen LogP contribution in [-0.4, -0.2) is 67.6 Å². The van der Waals surface area contributed by atoms with Gasteiger partial charge >= 0.3 is 5.97 Å². The molecule has 1 aliphatic rings. The fraction of sp³-hybridized carbons (Fsp3) is 0.143. The number of aromatic carboxylic acids is 1. The van der Waals surface area contributed by atoms with Gasteiger partial charge in [0.2, 0.25) is 17.7 Å². The highest BCUT2D eigenvalue weighted by Crippen LogP contribution is 2.30. The van der Waals surface area contributed by atoms with Crippen molar-refractivity contribution in [1.29, 1.82) is 0 Å². The lowest BCUT2D eigenvalue weighted by atomic mass is 10.0. The number of nitrogens with one attached hydrogen (secondary N) is 1. The van der Waals surface area contributed by atoms with Crippen LogP contribution in [0.15, 0.2) is 85.5 Å². The van der Waals surface area contributed by atoms with Crippen molar-refractivity contribution in [3.05, 3.63) is 102 Å². The summed E-state index contributed by atoms with van der Waals surface area (Å²) in [6.07, 6.45) is 2.99. The molecule has 0 bridgehead atoms. The highest BCUT2D eigenvalue weighted by Gasteiger charge is 2.39.